The first-order valence-electron chi connectivity index (χ1n) is 10.6. The molecule has 152 valence electrons. The van der Waals surface area contributed by atoms with Crippen molar-refractivity contribution >= 4 is 5.91 Å². The second kappa shape index (κ2) is 8.03. The summed E-state index contributed by atoms with van der Waals surface area (Å²) in [5.41, 5.74) is 3.17. The monoisotopic (exact) mass is 393 g/mol. The Kier molecular flexibility index (Phi) is 5.10. The number of hydrogen-bond acceptors (Lipinski definition) is 5. The lowest BCUT2D eigenvalue weighted by Gasteiger charge is -2.31. The minimum absolute atomic E-state index is 0.138. The number of ether oxygens (including phenoxy) is 2. The number of carbonyl (C=O) groups excluding carboxylic acids is 1. The van der Waals surface area contributed by atoms with Crippen LogP contribution in [-0.2, 0) is 12.8 Å². The van der Waals surface area contributed by atoms with Crippen LogP contribution in [0.3, 0.4) is 0 Å². The fourth-order valence-corrected chi connectivity index (χ4v) is 4.72. The number of fused-ring (bicyclic) bond motifs is 2. The molecule has 6 nitrogen and oxygen atoms in total. The normalized spacial score (nSPS) is 20.9. The first-order chi connectivity index (χ1) is 14.3. The Bertz CT molecular complexity index is 886. The molecule has 1 amide bonds. The summed E-state index contributed by atoms with van der Waals surface area (Å²) in [6.07, 6.45) is 8.07. The van der Waals surface area contributed by atoms with Gasteiger partial charge in [-0.25, -0.2) is 0 Å². The van der Waals surface area contributed by atoms with Gasteiger partial charge in [-0.3, -0.25) is 9.78 Å². The highest BCUT2D eigenvalue weighted by Gasteiger charge is 2.31. The Balaban J connectivity index is 1.13. The van der Waals surface area contributed by atoms with Gasteiger partial charge in [-0.2, -0.15) is 0 Å². The zero-order chi connectivity index (χ0) is 19.6. The van der Waals surface area contributed by atoms with Crippen LogP contribution < -0.4 is 9.47 Å². The quantitative estimate of drug-likeness (QED) is 0.755. The number of benzene rings is 1. The standard InChI is InChI=1S/C23H27N3O3/c27-23-20-12-22-21(28-16-29-22)11-19(20)6-10-26(23)15-18-5-9-25(14-18)8-2-4-17-3-1-7-24-13-17/h1,3,7,11-13,18H,2,4-6,8-10,14-16H2. The molecule has 6 heteroatoms. The van der Waals surface area contributed by atoms with Crippen molar-refractivity contribution in [3.63, 3.8) is 0 Å². The van der Waals surface area contributed by atoms with Gasteiger partial charge in [0, 0.05) is 37.6 Å². The largest absolute Gasteiger partial charge is 0.454 e. The van der Waals surface area contributed by atoms with Gasteiger partial charge in [-0.15, -0.1) is 0 Å². The van der Waals surface area contributed by atoms with Crippen molar-refractivity contribution in [3.8, 4) is 11.5 Å². The molecule has 0 N–H and O–H groups in total. The molecular weight excluding hydrogens is 366 g/mol. The van der Waals surface area contributed by atoms with Crippen LogP contribution in [-0.4, -0.2) is 60.2 Å². The number of aryl methyl sites for hydroxylation is 1. The summed E-state index contributed by atoms with van der Waals surface area (Å²) in [5, 5.41) is 0. The van der Waals surface area contributed by atoms with Crippen molar-refractivity contribution in [2.75, 3.05) is 39.5 Å². The maximum Gasteiger partial charge on any atom is 0.254 e. The number of nitrogens with zero attached hydrogens (tertiary/aromatic N) is 3. The van der Waals surface area contributed by atoms with E-state index in [4.69, 9.17) is 9.47 Å². The van der Waals surface area contributed by atoms with Gasteiger partial charge in [0.15, 0.2) is 11.5 Å². The number of aromatic nitrogens is 1. The predicted octanol–water partition coefficient (Wildman–Crippen LogP) is 2.76. The van der Waals surface area contributed by atoms with Crippen LogP contribution in [0.25, 0.3) is 0 Å². The summed E-state index contributed by atoms with van der Waals surface area (Å²) in [6, 6.07) is 7.99. The molecule has 0 saturated carbocycles. The lowest BCUT2D eigenvalue weighted by molar-refractivity contribution is 0.0712. The lowest BCUT2D eigenvalue weighted by atomic mass is 9.97. The molecule has 29 heavy (non-hydrogen) atoms. The third-order valence-corrected chi connectivity index (χ3v) is 6.28. The molecule has 0 aliphatic carbocycles. The molecular formula is C23H27N3O3. The summed E-state index contributed by atoms with van der Waals surface area (Å²) in [7, 11) is 0. The second-order valence-electron chi connectivity index (χ2n) is 8.28. The van der Waals surface area contributed by atoms with Gasteiger partial charge in [-0.05, 0) is 74.0 Å². The molecule has 5 rings (SSSR count). The van der Waals surface area contributed by atoms with Crippen LogP contribution >= 0.6 is 0 Å². The van der Waals surface area contributed by atoms with E-state index >= 15 is 0 Å². The topological polar surface area (TPSA) is 54.9 Å². The molecule has 0 radical (unpaired) electrons. The predicted molar refractivity (Wildman–Crippen MR) is 109 cm³/mol. The van der Waals surface area contributed by atoms with Crippen LogP contribution in [0, 0.1) is 5.92 Å². The van der Waals surface area contributed by atoms with Crippen molar-refractivity contribution in [2.24, 2.45) is 5.92 Å². The maximum absolute atomic E-state index is 13.0. The number of amides is 1. The summed E-state index contributed by atoms with van der Waals surface area (Å²) in [6.45, 7) is 5.23. The van der Waals surface area contributed by atoms with Crippen molar-refractivity contribution in [1.82, 2.24) is 14.8 Å². The number of pyridine rings is 1. The van der Waals surface area contributed by atoms with Gasteiger partial charge >= 0.3 is 0 Å². The highest BCUT2D eigenvalue weighted by molar-refractivity contribution is 5.97. The Morgan fingerprint density at radius 1 is 1.17 bits per heavy atom. The Hall–Kier alpha value is -2.60. The van der Waals surface area contributed by atoms with E-state index in [0.29, 0.717) is 11.7 Å². The van der Waals surface area contributed by atoms with Gasteiger partial charge in [0.25, 0.3) is 5.91 Å². The molecule has 1 aromatic heterocycles. The number of rotatable bonds is 6. The van der Waals surface area contributed by atoms with E-state index in [1.165, 1.54) is 12.0 Å². The summed E-state index contributed by atoms with van der Waals surface area (Å²) >= 11 is 0. The van der Waals surface area contributed by atoms with E-state index in [0.717, 1.165) is 68.9 Å². The van der Waals surface area contributed by atoms with Crippen molar-refractivity contribution in [1.29, 1.82) is 0 Å². The summed E-state index contributed by atoms with van der Waals surface area (Å²) in [5.74, 6) is 2.16. The summed E-state index contributed by atoms with van der Waals surface area (Å²) in [4.78, 5) is 21.8. The van der Waals surface area contributed by atoms with Crippen molar-refractivity contribution in [3.05, 3.63) is 53.3 Å². The second-order valence-corrected chi connectivity index (χ2v) is 8.28. The van der Waals surface area contributed by atoms with Gasteiger partial charge in [-0.1, -0.05) is 6.07 Å². The van der Waals surface area contributed by atoms with Gasteiger partial charge < -0.3 is 19.3 Å². The molecule has 3 aliphatic heterocycles. The van der Waals surface area contributed by atoms with E-state index < -0.39 is 0 Å². The van der Waals surface area contributed by atoms with E-state index in [1.54, 1.807) is 0 Å². The fraction of sp³-hybridized carbons (Fsp3) is 0.478. The number of likely N-dealkylation sites (tertiary alicyclic amines) is 1. The van der Waals surface area contributed by atoms with E-state index in [-0.39, 0.29) is 12.7 Å². The molecule has 1 fully saturated rings. The van der Waals surface area contributed by atoms with E-state index in [9.17, 15) is 4.79 Å². The smallest absolute Gasteiger partial charge is 0.254 e. The molecule has 0 spiro atoms. The minimum atomic E-state index is 0.138. The van der Waals surface area contributed by atoms with Crippen LogP contribution in [0.5, 0.6) is 11.5 Å². The SMILES string of the molecule is O=C1c2cc3c(cc2CCN1CC1CCN(CCCc2cccnc2)C1)OCO3. The first kappa shape index (κ1) is 18.4. The molecule has 1 saturated heterocycles. The molecule has 2 aromatic rings. The van der Waals surface area contributed by atoms with Gasteiger partial charge in [0.05, 0.1) is 0 Å². The fourth-order valence-electron chi connectivity index (χ4n) is 4.72. The van der Waals surface area contributed by atoms with E-state index in [1.807, 2.05) is 35.5 Å². The van der Waals surface area contributed by atoms with Crippen LogP contribution in [0.15, 0.2) is 36.7 Å². The lowest BCUT2D eigenvalue weighted by Crippen LogP contribution is -2.41. The Morgan fingerprint density at radius 3 is 2.93 bits per heavy atom. The summed E-state index contributed by atoms with van der Waals surface area (Å²) < 4.78 is 10.9. The van der Waals surface area contributed by atoms with Crippen LogP contribution in [0.1, 0.15) is 34.3 Å². The molecule has 1 unspecified atom stereocenters. The third-order valence-electron chi connectivity index (χ3n) is 6.28. The molecule has 0 bridgehead atoms. The van der Waals surface area contributed by atoms with E-state index in [2.05, 4.69) is 16.0 Å². The van der Waals surface area contributed by atoms with Gasteiger partial charge in [0.1, 0.15) is 0 Å². The number of hydrogen-bond donors (Lipinski definition) is 0. The zero-order valence-electron chi connectivity index (χ0n) is 16.7. The molecule has 1 aromatic carbocycles. The molecule has 1 atom stereocenters. The average Bonchev–Trinajstić information content (AvgIpc) is 3.39. The Morgan fingerprint density at radius 2 is 2.07 bits per heavy atom. The van der Waals surface area contributed by atoms with Crippen LogP contribution in [0.4, 0.5) is 0 Å². The average molecular weight is 393 g/mol. The first-order valence-corrected chi connectivity index (χ1v) is 10.6. The van der Waals surface area contributed by atoms with Crippen LogP contribution in [0.2, 0.25) is 0 Å². The zero-order valence-corrected chi connectivity index (χ0v) is 16.7. The minimum Gasteiger partial charge on any atom is -0.454 e. The van der Waals surface area contributed by atoms with Crippen molar-refractivity contribution < 1.29 is 14.3 Å². The molecule has 3 aliphatic rings. The molecule has 4 heterocycles. The van der Waals surface area contributed by atoms with Gasteiger partial charge in [0.2, 0.25) is 6.79 Å². The highest BCUT2D eigenvalue weighted by atomic mass is 16.7. The number of carbonyl (C=O) groups is 1. The maximum atomic E-state index is 13.0. The third kappa shape index (κ3) is 3.94. The highest BCUT2D eigenvalue weighted by Crippen LogP contribution is 2.37. The Labute approximate surface area is 171 Å². The van der Waals surface area contributed by atoms with Crippen molar-refractivity contribution in [2.45, 2.75) is 25.7 Å².